The number of hydrogen-bond donors (Lipinski definition) is 0. The van der Waals surface area contributed by atoms with Gasteiger partial charge in [-0.2, -0.15) is 4.98 Å². The number of oxazole rings is 1. The average Bonchev–Trinajstić information content (AvgIpc) is 2.82. The largest absolute Gasteiger partial charge is 0.423 e. The van der Waals surface area contributed by atoms with Crippen molar-refractivity contribution in [1.29, 1.82) is 0 Å². The molecular weight excluding hydrogens is 224 g/mol. The lowest BCUT2D eigenvalue weighted by Crippen LogP contribution is -2.08. The van der Waals surface area contributed by atoms with E-state index in [4.69, 9.17) is 4.42 Å². The average molecular weight is 238 g/mol. The minimum atomic E-state index is 0.634. The molecule has 0 bridgehead atoms. The van der Waals surface area contributed by atoms with Crippen LogP contribution in [0.5, 0.6) is 0 Å². The lowest BCUT2D eigenvalue weighted by atomic mass is 10.1. The van der Waals surface area contributed by atoms with Crippen LogP contribution in [0.3, 0.4) is 0 Å². The Bertz CT molecular complexity index is 671. The van der Waals surface area contributed by atoms with Crippen LogP contribution in [0.4, 0.5) is 6.01 Å². The van der Waals surface area contributed by atoms with Gasteiger partial charge in [-0.25, -0.2) is 0 Å². The molecule has 90 valence electrons. The van der Waals surface area contributed by atoms with Crippen LogP contribution in [-0.4, -0.2) is 19.1 Å². The Morgan fingerprint density at radius 2 is 1.72 bits per heavy atom. The second-order valence-electron chi connectivity index (χ2n) is 4.44. The Labute approximate surface area is 106 Å². The Kier molecular flexibility index (Phi) is 2.52. The second-order valence-corrected chi connectivity index (χ2v) is 4.44. The molecule has 0 aliphatic rings. The first kappa shape index (κ1) is 10.8. The van der Waals surface area contributed by atoms with Gasteiger partial charge >= 0.3 is 0 Å². The molecule has 0 saturated carbocycles. The molecular formula is C15H14N2O. The number of aromatic nitrogens is 1. The fraction of sp³-hybridized carbons (Fsp3) is 0.133. The van der Waals surface area contributed by atoms with Gasteiger partial charge in [-0.3, -0.25) is 0 Å². The van der Waals surface area contributed by atoms with Gasteiger partial charge < -0.3 is 9.32 Å². The second kappa shape index (κ2) is 4.18. The number of rotatable bonds is 2. The summed E-state index contributed by atoms with van der Waals surface area (Å²) in [6, 6.07) is 17.0. The first-order valence-electron chi connectivity index (χ1n) is 5.87. The number of benzene rings is 2. The standard InChI is InChI=1S/C15H14N2O/c1-17(2)15-16-13-10-12(8-9-14(13)18-15)11-6-4-3-5-7-11/h3-10H,1-2H3. The van der Waals surface area contributed by atoms with Gasteiger partial charge in [-0.05, 0) is 23.3 Å². The summed E-state index contributed by atoms with van der Waals surface area (Å²) in [5.41, 5.74) is 4.05. The fourth-order valence-electron chi connectivity index (χ4n) is 1.92. The first-order chi connectivity index (χ1) is 8.74. The van der Waals surface area contributed by atoms with Gasteiger partial charge in [0.1, 0.15) is 5.52 Å². The molecule has 3 nitrogen and oxygen atoms in total. The molecule has 2 aromatic carbocycles. The highest BCUT2D eigenvalue weighted by Crippen LogP contribution is 2.26. The summed E-state index contributed by atoms with van der Waals surface area (Å²) in [5, 5.41) is 0. The van der Waals surface area contributed by atoms with Crippen LogP contribution in [0, 0.1) is 0 Å². The smallest absolute Gasteiger partial charge is 0.297 e. The summed E-state index contributed by atoms with van der Waals surface area (Å²) in [6.45, 7) is 0. The van der Waals surface area contributed by atoms with Gasteiger partial charge in [0.15, 0.2) is 5.58 Å². The number of fused-ring (bicyclic) bond motifs is 1. The van der Waals surface area contributed by atoms with Crippen molar-refractivity contribution in [2.24, 2.45) is 0 Å². The highest BCUT2D eigenvalue weighted by atomic mass is 16.4. The fourth-order valence-corrected chi connectivity index (χ4v) is 1.92. The maximum atomic E-state index is 5.64. The van der Waals surface area contributed by atoms with Crippen molar-refractivity contribution in [3.63, 3.8) is 0 Å². The maximum absolute atomic E-state index is 5.64. The van der Waals surface area contributed by atoms with Crippen LogP contribution < -0.4 is 4.90 Å². The Morgan fingerprint density at radius 3 is 2.44 bits per heavy atom. The molecule has 0 aliphatic carbocycles. The molecule has 0 saturated heterocycles. The van der Waals surface area contributed by atoms with Crippen LogP contribution in [0.15, 0.2) is 52.9 Å². The van der Waals surface area contributed by atoms with Crippen LogP contribution in [0.2, 0.25) is 0 Å². The van der Waals surface area contributed by atoms with E-state index < -0.39 is 0 Å². The van der Waals surface area contributed by atoms with Crippen LogP contribution in [0.1, 0.15) is 0 Å². The summed E-state index contributed by atoms with van der Waals surface area (Å²) in [7, 11) is 3.84. The molecule has 3 rings (SSSR count). The molecule has 0 atom stereocenters. The molecule has 0 amide bonds. The molecule has 3 heteroatoms. The lowest BCUT2D eigenvalue weighted by Gasteiger charge is -2.03. The third kappa shape index (κ3) is 1.84. The third-order valence-corrected chi connectivity index (χ3v) is 2.87. The Hall–Kier alpha value is -2.29. The van der Waals surface area contributed by atoms with Gasteiger partial charge in [-0.1, -0.05) is 36.4 Å². The zero-order valence-electron chi connectivity index (χ0n) is 10.4. The van der Waals surface area contributed by atoms with E-state index in [9.17, 15) is 0 Å². The van der Waals surface area contributed by atoms with Gasteiger partial charge in [0.05, 0.1) is 0 Å². The molecule has 0 fully saturated rings. The molecule has 1 aromatic heterocycles. The van der Waals surface area contributed by atoms with Crippen molar-refractivity contribution >= 4 is 17.1 Å². The number of hydrogen-bond acceptors (Lipinski definition) is 3. The molecule has 3 aromatic rings. The highest BCUT2D eigenvalue weighted by molar-refractivity contribution is 5.81. The minimum absolute atomic E-state index is 0.634. The van der Waals surface area contributed by atoms with Crippen molar-refractivity contribution < 1.29 is 4.42 Å². The lowest BCUT2D eigenvalue weighted by molar-refractivity contribution is 0.597. The minimum Gasteiger partial charge on any atom is -0.423 e. The van der Waals surface area contributed by atoms with E-state index in [2.05, 4.69) is 29.2 Å². The zero-order chi connectivity index (χ0) is 12.5. The van der Waals surface area contributed by atoms with Gasteiger partial charge in [0, 0.05) is 14.1 Å². The molecule has 0 radical (unpaired) electrons. The Morgan fingerprint density at radius 1 is 0.944 bits per heavy atom. The van der Waals surface area contributed by atoms with Crippen molar-refractivity contribution in [3.8, 4) is 11.1 Å². The van der Waals surface area contributed by atoms with E-state index in [1.54, 1.807) is 0 Å². The summed E-state index contributed by atoms with van der Waals surface area (Å²) >= 11 is 0. The zero-order valence-corrected chi connectivity index (χ0v) is 10.4. The number of anilines is 1. The van der Waals surface area contributed by atoms with Crippen LogP contribution in [0.25, 0.3) is 22.2 Å². The molecule has 0 N–H and O–H groups in total. The topological polar surface area (TPSA) is 29.3 Å². The SMILES string of the molecule is CN(C)c1nc2cc(-c3ccccc3)ccc2o1. The van der Waals surface area contributed by atoms with Gasteiger partial charge in [0.2, 0.25) is 0 Å². The van der Waals surface area contributed by atoms with Crippen LogP contribution in [-0.2, 0) is 0 Å². The molecule has 18 heavy (non-hydrogen) atoms. The maximum Gasteiger partial charge on any atom is 0.297 e. The summed E-state index contributed by atoms with van der Waals surface area (Å²) in [6.07, 6.45) is 0. The highest BCUT2D eigenvalue weighted by Gasteiger charge is 2.08. The molecule has 0 aliphatic heterocycles. The molecule has 0 spiro atoms. The molecule has 1 heterocycles. The van der Waals surface area contributed by atoms with Gasteiger partial charge in [-0.15, -0.1) is 0 Å². The van der Waals surface area contributed by atoms with E-state index in [1.165, 1.54) is 5.56 Å². The summed E-state index contributed by atoms with van der Waals surface area (Å²) < 4.78 is 5.64. The van der Waals surface area contributed by atoms with E-state index in [-0.39, 0.29) is 0 Å². The van der Waals surface area contributed by atoms with E-state index >= 15 is 0 Å². The molecule has 0 unspecified atom stereocenters. The van der Waals surface area contributed by atoms with E-state index in [0.717, 1.165) is 16.7 Å². The van der Waals surface area contributed by atoms with Crippen LogP contribution >= 0.6 is 0 Å². The summed E-state index contributed by atoms with van der Waals surface area (Å²) in [4.78, 5) is 6.32. The van der Waals surface area contributed by atoms with Gasteiger partial charge in [0.25, 0.3) is 6.01 Å². The predicted octanol–water partition coefficient (Wildman–Crippen LogP) is 3.56. The van der Waals surface area contributed by atoms with Crippen molar-refractivity contribution in [3.05, 3.63) is 48.5 Å². The van der Waals surface area contributed by atoms with Crippen molar-refractivity contribution in [2.45, 2.75) is 0 Å². The van der Waals surface area contributed by atoms with E-state index in [1.807, 2.05) is 43.3 Å². The first-order valence-corrected chi connectivity index (χ1v) is 5.87. The normalized spacial score (nSPS) is 10.8. The van der Waals surface area contributed by atoms with E-state index in [0.29, 0.717) is 6.01 Å². The predicted molar refractivity (Wildman–Crippen MR) is 73.8 cm³/mol. The third-order valence-electron chi connectivity index (χ3n) is 2.87. The summed E-state index contributed by atoms with van der Waals surface area (Å²) in [5.74, 6) is 0. The van der Waals surface area contributed by atoms with Crippen molar-refractivity contribution in [2.75, 3.05) is 19.0 Å². The number of nitrogens with zero attached hydrogens (tertiary/aromatic N) is 2. The quantitative estimate of drug-likeness (QED) is 0.683. The Balaban J connectivity index is 2.11. The monoisotopic (exact) mass is 238 g/mol. The van der Waals surface area contributed by atoms with Crippen molar-refractivity contribution in [1.82, 2.24) is 4.98 Å².